The molecule has 0 radical (unpaired) electrons. The highest BCUT2D eigenvalue weighted by atomic mass is 19.4. The molecule has 1 aliphatic rings. The minimum Gasteiger partial charge on any atom is -0.423 e. The summed E-state index contributed by atoms with van der Waals surface area (Å²) in [6.07, 6.45) is -0.174. The van der Waals surface area contributed by atoms with Crippen LogP contribution in [-0.2, 0) is 6.18 Å². The van der Waals surface area contributed by atoms with E-state index in [0.29, 0.717) is 18.1 Å². The predicted molar refractivity (Wildman–Crippen MR) is 93.2 cm³/mol. The highest BCUT2D eigenvalue weighted by Gasteiger charge is 2.34. The third-order valence-electron chi connectivity index (χ3n) is 5.09. The average Bonchev–Trinajstić information content (AvgIpc) is 2.61. The van der Waals surface area contributed by atoms with Crippen LogP contribution in [0.15, 0.2) is 42.5 Å². The number of halogens is 4. The number of rotatable bonds is 3. The van der Waals surface area contributed by atoms with Crippen molar-refractivity contribution in [1.82, 2.24) is 0 Å². The van der Waals surface area contributed by atoms with Gasteiger partial charge < -0.3 is 4.74 Å². The summed E-state index contributed by atoms with van der Waals surface area (Å²) in [5.74, 6) is -1.25. The maximum absolute atomic E-state index is 13.6. The lowest BCUT2D eigenvalue weighted by atomic mass is 9.79. The first-order valence-corrected chi connectivity index (χ1v) is 8.93. The molecule has 0 spiro atoms. The normalized spacial score (nSPS) is 20.3. The summed E-state index contributed by atoms with van der Waals surface area (Å²) in [5, 5.41) is 0. The molecule has 0 unspecified atom stereocenters. The number of hydrogen-bond donors (Lipinski definition) is 0. The van der Waals surface area contributed by atoms with Gasteiger partial charge in [0.15, 0.2) is 0 Å². The van der Waals surface area contributed by atoms with Crippen LogP contribution >= 0.6 is 0 Å². The zero-order valence-electron chi connectivity index (χ0n) is 14.9. The van der Waals surface area contributed by atoms with E-state index in [9.17, 15) is 22.4 Å². The molecule has 1 fully saturated rings. The monoisotopic (exact) mass is 380 g/mol. The maximum Gasteiger partial charge on any atom is 0.419 e. The summed E-state index contributed by atoms with van der Waals surface area (Å²) in [7, 11) is 0. The fourth-order valence-corrected chi connectivity index (χ4v) is 3.44. The Bertz CT molecular complexity index is 804. The Balaban J connectivity index is 1.67. The molecular formula is C21H20F4O2. The summed E-state index contributed by atoms with van der Waals surface area (Å²) in [5.41, 5.74) is 0.0377. The summed E-state index contributed by atoms with van der Waals surface area (Å²) in [4.78, 5) is 12.2. The molecule has 0 atom stereocenters. The Hall–Kier alpha value is -2.37. The average molecular weight is 380 g/mol. The Morgan fingerprint density at radius 3 is 2.19 bits per heavy atom. The molecule has 1 saturated carbocycles. The van der Waals surface area contributed by atoms with Crippen molar-refractivity contribution in [3.63, 3.8) is 0 Å². The number of benzene rings is 2. The van der Waals surface area contributed by atoms with E-state index in [-0.39, 0.29) is 11.3 Å². The fraction of sp³-hybridized carbons (Fsp3) is 0.381. The summed E-state index contributed by atoms with van der Waals surface area (Å²) >= 11 is 0. The van der Waals surface area contributed by atoms with Crippen molar-refractivity contribution in [3.05, 3.63) is 65.0 Å². The Labute approximate surface area is 155 Å². The molecule has 2 aromatic carbocycles. The highest BCUT2D eigenvalue weighted by Crippen LogP contribution is 2.36. The third kappa shape index (κ3) is 4.67. The largest absolute Gasteiger partial charge is 0.423 e. The molecule has 2 nitrogen and oxygen atoms in total. The van der Waals surface area contributed by atoms with Crippen LogP contribution in [0.2, 0.25) is 0 Å². The zero-order chi connectivity index (χ0) is 19.6. The minimum atomic E-state index is -4.79. The molecule has 0 saturated heterocycles. The van der Waals surface area contributed by atoms with Crippen molar-refractivity contribution < 1.29 is 27.1 Å². The van der Waals surface area contributed by atoms with Crippen LogP contribution in [0.4, 0.5) is 17.6 Å². The molecule has 6 heteroatoms. The van der Waals surface area contributed by atoms with Gasteiger partial charge in [0.2, 0.25) is 0 Å². The number of carbonyl (C=O) groups is 1. The smallest absolute Gasteiger partial charge is 0.419 e. The lowest BCUT2D eigenvalue weighted by Crippen LogP contribution is -2.12. The molecule has 27 heavy (non-hydrogen) atoms. The van der Waals surface area contributed by atoms with Crippen LogP contribution in [0.25, 0.3) is 0 Å². The lowest BCUT2D eigenvalue weighted by molar-refractivity contribution is -0.140. The first kappa shape index (κ1) is 19.4. The molecule has 0 amide bonds. The van der Waals surface area contributed by atoms with Gasteiger partial charge in [-0.25, -0.2) is 9.18 Å². The Morgan fingerprint density at radius 1 is 1.00 bits per heavy atom. The van der Waals surface area contributed by atoms with Crippen LogP contribution in [0.1, 0.15) is 60.0 Å². The van der Waals surface area contributed by atoms with Crippen molar-refractivity contribution in [2.45, 2.75) is 44.7 Å². The van der Waals surface area contributed by atoms with Gasteiger partial charge in [-0.1, -0.05) is 31.9 Å². The van der Waals surface area contributed by atoms with Gasteiger partial charge in [0.1, 0.15) is 11.6 Å². The standard InChI is InChI=1S/C21H20F4O2/c1-13-2-4-14(5-3-13)15-6-8-16(9-7-15)20(26)27-17-10-11-18(19(22)12-17)21(23,24)25/h6-14H,2-5H2,1H3. The fourth-order valence-electron chi connectivity index (χ4n) is 3.44. The van der Waals surface area contributed by atoms with Crippen LogP contribution in [-0.4, -0.2) is 5.97 Å². The summed E-state index contributed by atoms with van der Waals surface area (Å²) < 4.78 is 56.3. The van der Waals surface area contributed by atoms with E-state index in [1.54, 1.807) is 12.1 Å². The van der Waals surface area contributed by atoms with Crippen molar-refractivity contribution >= 4 is 5.97 Å². The van der Waals surface area contributed by atoms with Gasteiger partial charge in [0, 0.05) is 6.07 Å². The molecule has 0 aliphatic heterocycles. The van der Waals surface area contributed by atoms with Crippen molar-refractivity contribution in [1.29, 1.82) is 0 Å². The van der Waals surface area contributed by atoms with Crippen LogP contribution in [0.3, 0.4) is 0 Å². The van der Waals surface area contributed by atoms with E-state index < -0.39 is 23.5 Å². The van der Waals surface area contributed by atoms with Gasteiger partial charge in [-0.05, 0) is 54.5 Å². The molecule has 0 heterocycles. The van der Waals surface area contributed by atoms with E-state index in [1.165, 1.54) is 18.4 Å². The van der Waals surface area contributed by atoms with Gasteiger partial charge in [-0.3, -0.25) is 0 Å². The highest BCUT2D eigenvalue weighted by molar-refractivity contribution is 5.91. The SMILES string of the molecule is CC1CCC(c2ccc(C(=O)Oc3ccc(C(F)(F)F)c(F)c3)cc2)CC1. The second-order valence-corrected chi connectivity index (χ2v) is 7.11. The van der Waals surface area contributed by atoms with Crippen molar-refractivity contribution in [3.8, 4) is 5.75 Å². The molecule has 0 bridgehead atoms. The van der Waals surface area contributed by atoms with Crippen LogP contribution in [0, 0.1) is 11.7 Å². The number of esters is 1. The summed E-state index contributed by atoms with van der Waals surface area (Å²) in [6.45, 7) is 2.25. The second-order valence-electron chi connectivity index (χ2n) is 7.11. The predicted octanol–water partition coefficient (Wildman–Crippen LogP) is 6.36. The van der Waals surface area contributed by atoms with E-state index in [4.69, 9.17) is 4.74 Å². The Kier molecular flexibility index (Phi) is 5.53. The van der Waals surface area contributed by atoms with E-state index in [2.05, 4.69) is 6.92 Å². The van der Waals surface area contributed by atoms with Crippen molar-refractivity contribution in [2.75, 3.05) is 0 Å². The van der Waals surface area contributed by atoms with Gasteiger partial charge >= 0.3 is 12.1 Å². The van der Waals surface area contributed by atoms with Crippen LogP contribution in [0.5, 0.6) is 5.75 Å². The molecular weight excluding hydrogens is 360 g/mol. The molecule has 144 valence electrons. The van der Waals surface area contributed by atoms with Gasteiger partial charge in [0.05, 0.1) is 11.1 Å². The molecule has 3 rings (SSSR count). The van der Waals surface area contributed by atoms with E-state index in [1.807, 2.05) is 12.1 Å². The number of alkyl halides is 3. The molecule has 1 aliphatic carbocycles. The molecule has 0 aromatic heterocycles. The topological polar surface area (TPSA) is 26.3 Å². The Morgan fingerprint density at radius 2 is 1.63 bits per heavy atom. The maximum atomic E-state index is 13.6. The van der Waals surface area contributed by atoms with E-state index >= 15 is 0 Å². The minimum absolute atomic E-state index is 0.267. The zero-order valence-corrected chi connectivity index (χ0v) is 14.9. The second kappa shape index (κ2) is 7.71. The van der Waals surface area contributed by atoms with E-state index in [0.717, 1.165) is 24.8 Å². The van der Waals surface area contributed by atoms with Gasteiger partial charge in [-0.15, -0.1) is 0 Å². The quantitative estimate of drug-likeness (QED) is 0.352. The van der Waals surface area contributed by atoms with Crippen LogP contribution < -0.4 is 4.74 Å². The summed E-state index contributed by atoms with van der Waals surface area (Å²) in [6, 6.07) is 9.09. The van der Waals surface area contributed by atoms with Gasteiger partial charge in [0.25, 0.3) is 0 Å². The van der Waals surface area contributed by atoms with Crippen molar-refractivity contribution in [2.24, 2.45) is 5.92 Å². The molecule has 0 N–H and O–H groups in total. The number of ether oxygens (including phenoxy) is 1. The molecule has 2 aromatic rings. The number of carbonyl (C=O) groups excluding carboxylic acids is 1. The first-order chi connectivity index (χ1) is 12.7. The third-order valence-corrected chi connectivity index (χ3v) is 5.09. The number of hydrogen-bond acceptors (Lipinski definition) is 2. The lowest BCUT2D eigenvalue weighted by Gasteiger charge is -2.26. The van der Waals surface area contributed by atoms with Gasteiger partial charge in [-0.2, -0.15) is 13.2 Å². The first-order valence-electron chi connectivity index (χ1n) is 8.93.